The molecule has 2 N–H and O–H groups in total. The quantitative estimate of drug-likeness (QED) is 0.728. The van der Waals surface area contributed by atoms with Gasteiger partial charge in [-0.2, -0.15) is 0 Å². The molecule has 0 aliphatic rings. The predicted octanol–water partition coefficient (Wildman–Crippen LogP) is 1.22. The van der Waals surface area contributed by atoms with E-state index in [1.54, 1.807) is 0 Å². The summed E-state index contributed by atoms with van der Waals surface area (Å²) in [5.41, 5.74) is 0.284. The van der Waals surface area contributed by atoms with Crippen LogP contribution in [-0.2, 0) is 0 Å². The number of aromatic hydroxyl groups is 1. The summed E-state index contributed by atoms with van der Waals surface area (Å²) in [5.74, 6) is -0.392. The summed E-state index contributed by atoms with van der Waals surface area (Å²) >= 11 is 0. The Morgan fingerprint density at radius 3 is 3.08 bits per heavy atom. The number of hydrogen-bond donors (Lipinski definition) is 2. The molecule has 0 amide bonds. The minimum atomic E-state index is -2.33. The van der Waals surface area contributed by atoms with E-state index in [0.29, 0.717) is 0 Å². The van der Waals surface area contributed by atoms with Crippen LogP contribution in [0.25, 0.3) is 0 Å². The van der Waals surface area contributed by atoms with Crippen molar-refractivity contribution in [3.8, 4) is 5.75 Å². The molecule has 0 atom stereocenters. The molecule has 1 rings (SSSR count). The summed E-state index contributed by atoms with van der Waals surface area (Å²) in [6.07, 6.45) is 0. The highest BCUT2D eigenvalue weighted by Gasteiger charge is 2.03. The fourth-order valence-electron chi connectivity index (χ4n) is 0.862. The molecule has 3 nitrogen and oxygen atoms in total. The number of carbonyl (C=O) groups is 1. The molecule has 0 aliphatic heterocycles. The van der Waals surface area contributed by atoms with Crippen LogP contribution in [0.3, 0.4) is 0 Å². The van der Waals surface area contributed by atoms with Gasteiger partial charge in [-0.05, 0) is 19.1 Å². The minimum Gasteiger partial charge on any atom is -0.508 e. The molecular formula is C9H12ClNO2. The maximum absolute atomic E-state index is 11.4. The van der Waals surface area contributed by atoms with E-state index in [1.807, 2.05) is 0 Å². The Morgan fingerprint density at radius 2 is 2.46 bits per heavy atom. The number of phenolic OH excluding ortho intramolecular Hbond substituents is 1. The lowest BCUT2D eigenvalue weighted by molar-refractivity contribution is 0.0993. The fourth-order valence-corrected chi connectivity index (χ4v) is 0.862. The van der Waals surface area contributed by atoms with E-state index < -0.39 is 6.98 Å². The lowest BCUT2D eigenvalue weighted by atomic mass is 10.1. The second kappa shape index (κ2) is 5.56. The van der Waals surface area contributed by atoms with E-state index in [-0.39, 0.29) is 36.0 Å². The molecule has 0 aromatic heterocycles. The maximum Gasteiger partial charge on any atom is 0.176 e. The summed E-state index contributed by atoms with van der Waals surface area (Å²) in [6.45, 7) is -2.60. The Kier molecular flexibility index (Phi) is 3.15. The Labute approximate surface area is 87.4 Å². The molecule has 0 saturated heterocycles. The van der Waals surface area contributed by atoms with Gasteiger partial charge < -0.3 is 10.4 Å². The Morgan fingerprint density at radius 1 is 1.69 bits per heavy atom. The molecular weight excluding hydrogens is 190 g/mol. The second-order valence-electron chi connectivity index (χ2n) is 2.33. The molecule has 4 heteroatoms. The number of hydrogen-bond acceptors (Lipinski definition) is 3. The zero-order chi connectivity index (χ0) is 11.5. The first-order valence-electron chi connectivity index (χ1n) is 4.96. The van der Waals surface area contributed by atoms with Crippen molar-refractivity contribution in [1.29, 1.82) is 0 Å². The Hall–Kier alpha value is -1.06. The standard InChI is InChI=1S/C9H11NO2.ClH/c1-10-6-9(12)7-3-2-4-8(11)5-7;/h2-5,10-11H,6H2,1H3;1H/i1D3;. The zero-order valence-electron chi connectivity index (χ0n) is 9.78. The van der Waals surface area contributed by atoms with Crippen LogP contribution in [0.4, 0.5) is 0 Å². The lowest BCUT2D eigenvalue weighted by Crippen LogP contribution is -2.18. The van der Waals surface area contributed by atoms with Crippen LogP contribution < -0.4 is 5.32 Å². The van der Waals surface area contributed by atoms with Crippen molar-refractivity contribution in [1.82, 2.24) is 5.32 Å². The van der Waals surface area contributed by atoms with Gasteiger partial charge in [0, 0.05) is 9.68 Å². The SMILES string of the molecule is Cl.[2H]C([2H])([2H])NCC(=O)c1cccc(O)c1. The number of Topliss-reactive ketones (excluding diaryl/α,β-unsaturated/α-hetero) is 1. The number of rotatable bonds is 3. The van der Waals surface area contributed by atoms with Crippen LogP contribution >= 0.6 is 12.4 Å². The van der Waals surface area contributed by atoms with Crippen molar-refractivity contribution in [2.75, 3.05) is 13.5 Å². The first-order valence-corrected chi connectivity index (χ1v) is 3.46. The lowest BCUT2D eigenvalue weighted by Gasteiger charge is -1.99. The third kappa shape index (κ3) is 3.44. The van der Waals surface area contributed by atoms with Crippen LogP contribution in [0.15, 0.2) is 24.3 Å². The molecule has 0 unspecified atom stereocenters. The van der Waals surface area contributed by atoms with E-state index in [1.165, 1.54) is 24.3 Å². The molecule has 0 fully saturated rings. The average molecular weight is 205 g/mol. The highest BCUT2D eigenvalue weighted by molar-refractivity contribution is 5.97. The molecule has 0 spiro atoms. The van der Waals surface area contributed by atoms with Crippen molar-refractivity contribution in [3.05, 3.63) is 29.8 Å². The summed E-state index contributed by atoms with van der Waals surface area (Å²) in [5, 5.41) is 11.2. The van der Waals surface area contributed by atoms with Gasteiger partial charge in [0.05, 0.1) is 6.54 Å². The van der Waals surface area contributed by atoms with Gasteiger partial charge in [0.15, 0.2) is 5.78 Å². The first-order chi connectivity index (χ1) is 6.88. The molecule has 0 aliphatic carbocycles. The maximum atomic E-state index is 11.4. The highest BCUT2D eigenvalue weighted by atomic mass is 35.5. The third-order valence-electron chi connectivity index (χ3n) is 1.42. The van der Waals surface area contributed by atoms with Crippen LogP contribution in [0.2, 0.25) is 0 Å². The highest BCUT2D eigenvalue weighted by Crippen LogP contribution is 2.10. The Bertz CT molecular complexity index is 368. The van der Waals surface area contributed by atoms with Crippen LogP contribution in [0.5, 0.6) is 5.75 Å². The van der Waals surface area contributed by atoms with E-state index in [9.17, 15) is 4.79 Å². The summed E-state index contributed by atoms with van der Waals surface area (Å²) in [4.78, 5) is 11.4. The molecule has 1 aromatic rings. The van der Waals surface area contributed by atoms with E-state index in [2.05, 4.69) is 5.32 Å². The van der Waals surface area contributed by atoms with Crippen LogP contribution in [0.1, 0.15) is 14.5 Å². The van der Waals surface area contributed by atoms with Crippen LogP contribution in [0, 0.1) is 0 Å². The number of likely N-dealkylation sites (N-methyl/N-ethyl adjacent to an activating group) is 1. The van der Waals surface area contributed by atoms with Gasteiger partial charge >= 0.3 is 0 Å². The smallest absolute Gasteiger partial charge is 0.176 e. The number of halogens is 1. The molecule has 1 aromatic carbocycles. The molecule has 13 heavy (non-hydrogen) atoms. The first kappa shape index (κ1) is 7.35. The van der Waals surface area contributed by atoms with Gasteiger partial charge in [-0.3, -0.25) is 4.79 Å². The van der Waals surface area contributed by atoms with E-state index in [4.69, 9.17) is 9.22 Å². The summed E-state index contributed by atoms with van der Waals surface area (Å²) in [6, 6.07) is 5.78. The van der Waals surface area contributed by atoms with E-state index >= 15 is 0 Å². The van der Waals surface area contributed by atoms with Gasteiger partial charge in [-0.25, -0.2) is 0 Å². The van der Waals surface area contributed by atoms with Crippen molar-refractivity contribution < 1.29 is 14.0 Å². The third-order valence-corrected chi connectivity index (χ3v) is 1.42. The average Bonchev–Trinajstić information content (AvgIpc) is 2.13. The number of nitrogens with one attached hydrogen (secondary N) is 1. The Balaban J connectivity index is 0.00000225. The summed E-state index contributed by atoms with van der Waals surface area (Å²) < 4.78 is 20.6. The molecule has 0 radical (unpaired) electrons. The summed E-state index contributed by atoms with van der Waals surface area (Å²) in [7, 11) is 0. The number of carbonyl (C=O) groups excluding carboxylic acids is 1. The number of phenols is 1. The van der Waals surface area contributed by atoms with Gasteiger partial charge in [-0.15, -0.1) is 12.4 Å². The minimum absolute atomic E-state index is 0. The second-order valence-corrected chi connectivity index (χ2v) is 2.33. The number of ketones is 1. The largest absolute Gasteiger partial charge is 0.508 e. The monoisotopic (exact) mass is 204 g/mol. The fraction of sp³-hybridized carbons (Fsp3) is 0.222. The van der Waals surface area contributed by atoms with Crippen molar-refractivity contribution in [3.63, 3.8) is 0 Å². The zero-order valence-corrected chi connectivity index (χ0v) is 7.60. The van der Waals surface area contributed by atoms with Gasteiger partial charge in [0.2, 0.25) is 0 Å². The van der Waals surface area contributed by atoms with Gasteiger partial charge in [0.1, 0.15) is 5.75 Å². The molecule has 0 saturated carbocycles. The van der Waals surface area contributed by atoms with Gasteiger partial charge in [-0.1, -0.05) is 12.1 Å². The molecule has 0 bridgehead atoms. The van der Waals surface area contributed by atoms with Crippen molar-refractivity contribution in [2.45, 2.75) is 0 Å². The molecule has 72 valence electrons. The normalized spacial score (nSPS) is 13.4. The van der Waals surface area contributed by atoms with Crippen molar-refractivity contribution in [2.24, 2.45) is 0 Å². The number of benzene rings is 1. The van der Waals surface area contributed by atoms with E-state index in [0.717, 1.165) is 0 Å². The van der Waals surface area contributed by atoms with Crippen molar-refractivity contribution >= 4 is 18.2 Å². The predicted molar refractivity (Wildman–Crippen MR) is 53.6 cm³/mol. The molecule has 0 heterocycles. The topological polar surface area (TPSA) is 49.3 Å². The van der Waals surface area contributed by atoms with Gasteiger partial charge in [0.25, 0.3) is 0 Å². The van der Waals surface area contributed by atoms with Crippen LogP contribution in [-0.4, -0.2) is 24.4 Å².